The molecule has 1 aliphatic heterocycles. The van der Waals surface area contributed by atoms with Crippen LogP contribution in [0.5, 0.6) is 0 Å². The van der Waals surface area contributed by atoms with E-state index >= 15 is 0 Å². The van der Waals surface area contributed by atoms with Gasteiger partial charge in [0.2, 0.25) is 15.9 Å². The quantitative estimate of drug-likeness (QED) is 0.860. The van der Waals surface area contributed by atoms with Gasteiger partial charge in [-0.25, -0.2) is 12.7 Å². The van der Waals surface area contributed by atoms with Crippen molar-refractivity contribution in [2.45, 2.75) is 19.4 Å². The molecule has 0 bridgehead atoms. The van der Waals surface area contributed by atoms with Gasteiger partial charge in [0.05, 0.1) is 12.9 Å². The fraction of sp³-hybridized carbons (Fsp3) is 0.500. The van der Waals surface area contributed by atoms with Gasteiger partial charge < -0.3 is 10.4 Å². The summed E-state index contributed by atoms with van der Waals surface area (Å²) in [6.07, 6.45) is 2.24. The van der Waals surface area contributed by atoms with Gasteiger partial charge in [-0.1, -0.05) is 12.1 Å². The van der Waals surface area contributed by atoms with E-state index in [9.17, 15) is 13.2 Å². The maximum Gasteiger partial charge on any atom is 0.227 e. The van der Waals surface area contributed by atoms with Crippen LogP contribution in [-0.2, 0) is 21.4 Å². The second-order valence-corrected chi connectivity index (χ2v) is 7.27. The van der Waals surface area contributed by atoms with E-state index in [1.54, 1.807) is 24.3 Å². The van der Waals surface area contributed by atoms with Crippen LogP contribution in [0.15, 0.2) is 24.3 Å². The lowest BCUT2D eigenvalue weighted by molar-refractivity contribution is -0.120. The molecule has 116 valence electrons. The largest absolute Gasteiger partial charge is 0.392 e. The van der Waals surface area contributed by atoms with E-state index in [4.69, 9.17) is 5.11 Å². The van der Waals surface area contributed by atoms with Crippen LogP contribution in [0, 0.1) is 5.92 Å². The lowest BCUT2D eigenvalue weighted by atomic mass is 9.97. The third-order valence-electron chi connectivity index (χ3n) is 3.67. The molecule has 0 unspecified atom stereocenters. The minimum absolute atomic E-state index is 0.0730. The number of rotatable bonds is 4. The summed E-state index contributed by atoms with van der Waals surface area (Å²) in [5.41, 5.74) is 1.39. The van der Waals surface area contributed by atoms with E-state index in [1.165, 1.54) is 10.6 Å². The molecule has 0 saturated carbocycles. The number of anilines is 1. The standard InChI is InChI=1S/C14H20N2O4S/c1-21(19,20)16-7-5-12(6-8-16)14(18)15-13-4-2-3-11(9-13)10-17/h2-4,9,12,17H,5-8,10H2,1H3,(H,15,18). The van der Waals surface area contributed by atoms with Crippen molar-refractivity contribution in [1.82, 2.24) is 4.31 Å². The van der Waals surface area contributed by atoms with Gasteiger partial charge in [-0.05, 0) is 30.5 Å². The summed E-state index contributed by atoms with van der Waals surface area (Å²) < 4.78 is 24.3. The Balaban J connectivity index is 1.93. The van der Waals surface area contributed by atoms with Gasteiger partial charge in [0.25, 0.3) is 0 Å². The summed E-state index contributed by atoms with van der Waals surface area (Å²) in [6.45, 7) is 0.692. The first kappa shape index (κ1) is 15.9. The number of carbonyl (C=O) groups is 1. The molecule has 6 nitrogen and oxygen atoms in total. The topological polar surface area (TPSA) is 86.7 Å². The molecule has 0 spiro atoms. The molecular formula is C14H20N2O4S. The van der Waals surface area contributed by atoms with Crippen LogP contribution in [0.25, 0.3) is 0 Å². The molecule has 1 aliphatic rings. The van der Waals surface area contributed by atoms with E-state index in [2.05, 4.69) is 5.32 Å². The number of aliphatic hydroxyl groups is 1. The van der Waals surface area contributed by atoms with E-state index in [-0.39, 0.29) is 18.4 Å². The van der Waals surface area contributed by atoms with Crippen LogP contribution in [0.1, 0.15) is 18.4 Å². The molecule has 1 amide bonds. The Morgan fingerprint density at radius 2 is 2.05 bits per heavy atom. The first-order valence-electron chi connectivity index (χ1n) is 6.86. The molecule has 21 heavy (non-hydrogen) atoms. The van der Waals surface area contributed by atoms with Crippen molar-refractivity contribution in [1.29, 1.82) is 0 Å². The second kappa shape index (κ2) is 6.55. The molecule has 0 radical (unpaired) electrons. The van der Waals surface area contributed by atoms with E-state index < -0.39 is 10.0 Å². The number of aliphatic hydroxyl groups excluding tert-OH is 1. The zero-order chi connectivity index (χ0) is 15.5. The minimum atomic E-state index is -3.17. The number of nitrogens with zero attached hydrogens (tertiary/aromatic N) is 1. The number of nitrogens with one attached hydrogen (secondary N) is 1. The molecule has 1 aromatic carbocycles. The van der Waals surface area contributed by atoms with Gasteiger partial charge in [-0.2, -0.15) is 0 Å². The van der Waals surface area contributed by atoms with Crippen LogP contribution < -0.4 is 5.32 Å². The number of amides is 1. The maximum atomic E-state index is 12.2. The minimum Gasteiger partial charge on any atom is -0.392 e. The van der Waals surface area contributed by atoms with Crippen LogP contribution >= 0.6 is 0 Å². The first-order valence-corrected chi connectivity index (χ1v) is 8.71. The molecule has 7 heteroatoms. The highest BCUT2D eigenvalue weighted by Gasteiger charge is 2.28. The monoisotopic (exact) mass is 312 g/mol. The third-order valence-corrected chi connectivity index (χ3v) is 4.97. The third kappa shape index (κ3) is 4.26. The van der Waals surface area contributed by atoms with Crippen molar-refractivity contribution in [2.24, 2.45) is 5.92 Å². The predicted octanol–water partition coefficient (Wildman–Crippen LogP) is 0.789. The zero-order valence-electron chi connectivity index (χ0n) is 11.9. The molecule has 2 rings (SSSR count). The van der Waals surface area contributed by atoms with Crippen LogP contribution in [-0.4, -0.2) is 43.1 Å². The van der Waals surface area contributed by atoms with Crippen molar-refractivity contribution in [3.05, 3.63) is 29.8 Å². The Hall–Kier alpha value is -1.44. The lowest BCUT2D eigenvalue weighted by Gasteiger charge is -2.29. The smallest absolute Gasteiger partial charge is 0.227 e. The van der Waals surface area contributed by atoms with Crippen molar-refractivity contribution < 1.29 is 18.3 Å². The number of hydrogen-bond acceptors (Lipinski definition) is 4. The molecule has 0 atom stereocenters. The number of sulfonamides is 1. The van der Waals surface area contributed by atoms with Crippen LogP contribution in [0.4, 0.5) is 5.69 Å². The van der Waals surface area contributed by atoms with Crippen molar-refractivity contribution >= 4 is 21.6 Å². The second-order valence-electron chi connectivity index (χ2n) is 5.28. The number of carbonyl (C=O) groups excluding carboxylic acids is 1. The molecule has 0 aliphatic carbocycles. The predicted molar refractivity (Wildman–Crippen MR) is 80.1 cm³/mol. The van der Waals surface area contributed by atoms with Crippen molar-refractivity contribution in [3.8, 4) is 0 Å². The maximum absolute atomic E-state index is 12.2. The average Bonchev–Trinajstić information content (AvgIpc) is 2.46. The molecule has 1 saturated heterocycles. The van der Waals surface area contributed by atoms with E-state index in [1.807, 2.05) is 0 Å². The summed E-state index contributed by atoms with van der Waals surface area (Å²) in [5, 5.41) is 11.9. The fourth-order valence-corrected chi connectivity index (χ4v) is 3.32. The molecular weight excluding hydrogens is 292 g/mol. The Morgan fingerprint density at radius 1 is 1.38 bits per heavy atom. The highest BCUT2D eigenvalue weighted by Crippen LogP contribution is 2.21. The van der Waals surface area contributed by atoms with Gasteiger partial charge in [-0.3, -0.25) is 4.79 Å². The van der Waals surface area contributed by atoms with Gasteiger partial charge in [0.15, 0.2) is 0 Å². The van der Waals surface area contributed by atoms with E-state index in [0.29, 0.717) is 31.6 Å². The molecule has 0 aromatic heterocycles. The highest BCUT2D eigenvalue weighted by molar-refractivity contribution is 7.88. The zero-order valence-corrected chi connectivity index (χ0v) is 12.8. The van der Waals surface area contributed by atoms with Crippen LogP contribution in [0.3, 0.4) is 0 Å². The molecule has 1 heterocycles. The molecule has 2 N–H and O–H groups in total. The highest BCUT2D eigenvalue weighted by atomic mass is 32.2. The summed E-state index contributed by atoms with van der Waals surface area (Å²) in [4.78, 5) is 12.2. The summed E-state index contributed by atoms with van der Waals surface area (Å²) >= 11 is 0. The number of benzene rings is 1. The average molecular weight is 312 g/mol. The van der Waals surface area contributed by atoms with Gasteiger partial charge in [0, 0.05) is 24.7 Å². The normalized spacial score (nSPS) is 17.6. The van der Waals surface area contributed by atoms with Gasteiger partial charge in [0.1, 0.15) is 0 Å². The Labute approximate surface area is 124 Å². The first-order chi connectivity index (χ1) is 9.90. The van der Waals surface area contributed by atoms with Crippen molar-refractivity contribution in [3.63, 3.8) is 0 Å². The van der Waals surface area contributed by atoms with E-state index in [0.717, 1.165) is 5.56 Å². The number of hydrogen-bond donors (Lipinski definition) is 2. The lowest BCUT2D eigenvalue weighted by Crippen LogP contribution is -2.40. The van der Waals surface area contributed by atoms with Gasteiger partial charge in [-0.15, -0.1) is 0 Å². The SMILES string of the molecule is CS(=O)(=O)N1CCC(C(=O)Nc2cccc(CO)c2)CC1. The van der Waals surface area contributed by atoms with Crippen molar-refractivity contribution in [2.75, 3.05) is 24.7 Å². The van der Waals surface area contributed by atoms with Gasteiger partial charge >= 0.3 is 0 Å². The molecule has 1 aromatic rings. The number of piperidine rings is 1. The fourth-order valence-electron chi connectivity index (χ4n) is 2.44. The van der Waals surface area contributed by atoms with Crippen LogP contribution in [0.2, 0.25) is 0 Å². The summed E-state index contributed by atoms with van der Waals surface area (Å²) in [7, 11) is -3.17. The Kier molecular flexibility index (Phi) is 4.97. The summed E-state index contributed by atoms with van der Waals surface area (Å²) in [6, 6.07) is 7.04. The Bertz CT molecular complexity index is 607. The molecule has 1 fully saturated rings. The Morgan fingerprint density at radius 3 is 2.62 bits per heavy atom. The summed E-state index contributed by atoms with van der Waals surface area (Å²) in [5.74, 6) is -0.279.